The van der Waals surface area contributed by atoms with Crippen LogP contribution in [0.5, 0.6) is 0 Å². The standard InChI is InChI=1S/C21H21N5O4/c1-12-8-14(3)26-21(22-12)23-19(24-26)20(28)30-11-18(27)17-9-13(2)25(15(17)4)10-16-6-5-7-29-16/h5-9H,10-11H2,1-4H3. The summed E-state index contributed by atoms with van der Waals surface area (Å²) >= 11 is 0. The van der Waals surface area contributed by atoms with Crippen molar-refractivity contribution >= 4 is 17.5 Å². The lowest BCUT2D eigenvalue weighted by atomic mass is 10.1. The van der Waals surface area contributed by atoms with Crippen molar-refractivity contribution in [2.45, 2.75) is 34.2 Å². The molecule has 0 aliphatic heterocycles. The second-order valence-corrected chi connectivity index (χ2v) is 7.14. The Labute approximate surface area is 172 Å². The van der Waals surface area contributed by atoms with Crippen LogP contribution in [-0.4, -0.2) is 42.5 Å². The summed E-state index contributed by atoms with van der Waals surface area (Å²) in [4.78, 5) is 33.4. The maximum Gasteiger partial charge on any atom is 0.378 e. The molecular weight excluding hydrogens is 386 g/mol. The molecule has 0 amide bonds. The van der Waals surface area contributed by atoms with Gasteiger partial charge in [0.25, 0.3) is 11.6 Å². The maximum atomic E-state index is 12.7. The van der Waals surface area contributed by atoms with Gasteiger partial charge in [-0.3, -0.25) is 4.79 Å². The summed E-state index contributed by atoms with van der Waals surface area (Å²) in [5, 5.41) is 4.12. The molecular formula is C21H21N5O4. The predicted molar refractivity (Wildman–Crippen MR) is 107 cm³/mol. The number of carbonyl (C=O) groups is 2. The highest BCUT2D eigenvalue weighted by Gasteiger charge is 2.21. The lowest BCUT2D eigenvalue weighted by Gasteiger charge is -2.08. The molecule has 0 N–H and O–H groups in total. The summed E-state index contributed by atoms with van der Waals surface area (Å²) < 4.78 is 14.0. The first-order chi connectivity index (χ1) is 14.3. The van der Waals surface area contributed by atoms with Gasteiger partial charge in [0.15, 0.2) is 6.61 Å². The molecule has 0 atom stereocenters. The van der Waals surface area contributed by atoms with Gasteiger partial charge < -0.3 is 13.7 Å². The molecule has 0 saturated carbocycles. The number of hydrogen-bond acceptors (Lipinski definition) is 7. The number of fused-ring (bicyclic) bond motifs is 1. The van der Waals surface area contributed by atoms with Crippen molar-refractivity contribution in [2.24, 2.45) is 0 Å². The number of nitrogens with zero attached hydrogens (tertiary/aromatic N) is 5. The summed E-state index contributed by atoms with van der Waals surface area (Å²) in [6.07, 6.45) is 1.61. The Morgan fingerprint density at radius 3 is 2.63 bits per heavy atom. The number of furan rings is 1. The van der Waals surface area contributed by atoms with Gasteiger partial charge in [0.05, 0.1) is 12.8 Å². The van der Waals surface area contributed by atoms with E-state index in [-0.39, 0.29) is 11.6 Å². The first kappa shape index (κ1) is 19.6. The van der Waals surface area contributed by atoms with E-state index in [4.69, 9.17) is 9.15 Å². The molecule has 0 bridgehead atoms. The summed E-state index contributed by atoms with van der Waals surface area (Å²) in [5.41, 5.74) is 3.77. The molecule has 9 nitrogen and oxygen atoms in total. The number of ketones is 1. The molecule has 0 aliphatic rings. The first-order valence-corrected chi connectivity index (χ1v) is 9.44. The predicted octanol–water partition coefficient (Wildman–Crippen LogP) is 2.84. The fourth-order valence-electron chi connectivity index (χ4n) is 3.41. The van der Waals surface area contributed by atoms with Crippen LogP contribution in [0.2, 0.25) is 0 Å². The van der Waals surface area contributed by atoms with Crippen LogP contribution in [-0.2, 0) is 11.3 Å². The highest BCUT2D eigenvalue weighted by Crippen LogP contribution is 2.18. The van der Waals surface area contributed by atoms with E-state index < -0.39 is 12.6 Å². The van der Waals surface area contributed by atoms with Crippen LogP contribution in [0.1, 0.15) is 49.5 Å². The normalized spacial score (nSPS) is 11.2. The van der Waals surface area contributed by atoms with E-state index in [9.17, 15) is 9.59 Å². The average Bonchev–Trinajstić information content (AvgIpc) is 3.42. The number of aryl methyl sites for hydroxylation is 3. The molecule has 0 aliphatic carbocycles. The Morgan fingerprint density at radius 2 is 1.90 bits per heavy atom. The molecule has 0 fully saturated rings. The third-order valence-electron chi connectivity index (χ3n) is 4.90. The van der Waals surface area contributed by atoms with Crippen LogP contribution < -0.4 is 0 Å². The van der Waals surface area contributed by atoms with E-state index in [1.165, 1.54) is 4.52 Å². The lowest BCUT2D eigenvalue weighted by Crippen LogP contribution is -2.16. The smallest absolute Gasteiger partial charge is 0.378 e. The molecule has 9 heteroatoms. The summed E-state index contributed by atoms with van der Waals surface area (Å²) in [7, 11) is 0. The molecule has 0 aromatic carbocycles. The Kier molecular flexibility index (Phi) is 4.94. The monoisotopic (exact) mass is 407 g/mol. The van der Waals surface area contributed by atoms with Gasteiger partial charge in [0.1, 0.15) is 5.76 Å². The van der Waals surface area contributed by atoms with Gasteiger partial charge >= 0.3 is 5.97 Å². The third-order valence-corrected chi connectivity index (χ3v) is 4.90. The van der Waals surface area contributed by atoms with Crippen molar-refractivity contribution in [3.8, 4) is 0 Å². The van der Waals surface area contributed by atoms with E-state index in [0.29, 0.717) is 17.9 Å². The van der Waals surface area contributed by atoms with Gasteiger partial charge in [0.2, 0.25) is 5.78 Å². The number of ether oxygens (including phenoxy) is 1. The fraction of sp³-hybridized carbons (Fsp3) is 0.286. The number of aromatic nitrogens is 5. The van der Waals surface area contributed by atoms with Crippen LogP contribution in [0, 0.1) is 27.7 Å². The minimum Gasteiger partial charge on any atom is -0.467 e. The van der Waals surface area contributed by atoms with Crippen LogP contribution >= 0.6 is 0 Å². The summed E-state index contributed by atoms with van der Waals surface area (Å²) in [6.45, 7) is 7.57. The Balaban J connectivity index is 1.47. The zero-order valence-corrected chi connectivity index (χ0v) is 17.2. The molecule has 4 aromatic rings. The number of hydrogen-bond donors (Lipinski definition) is 0. The largest absolute Gasteiger partial charge is 0.467 e. The van der Waals surface area contributed by atoms with Crippen molar-refractivity contribution < 1.29 is 18.7 Å². The van der Waals surface area contributed by atoms with Gasteiger partial charge in [-0.05, 0) is 52.0 Å². The van der Waals surface area contributed by atoms with Gasteiger partial charge in [-0.15, -0.1) is 5.10 Å². The molecule has 4 heterocycles. The molecule has 154 valence electrons. The number of Topliss-reactive ketones (excluding diaryl/α,β-unsaturated/α-hetero) is 1. The van der Waals surface area contributed by atoms with E-state index in [1.54, 1.807) is 12.3 Å². The molecule has 0 radical (unpaired) electrons. The third kappa shape index (κ3) is 3.61. The van der Waals surface area contributed by atoms with Crippen LogP contribution in [0.15, 0.2) is 34.9 Å². The number of rotatable bonds is 6. The second kappa shape index (κ2) is 7.58. The molecule has 0 saturated heterocycles. The van der Waals surface area contributed by atoms with E-state index >= 15 is 0 Å². The van der Waals surface area contributed by atoms with Crippen molar-refractivity contribution in [3.05, 3.63) is 70.5 Å². The summed E-state index contributed by atoms with van der Waals surface area (Å²) in [5.74, 6) is -0.0924. The minimum absolute atomic E-state index is 0.132. The molecule has 0 unspecified atom stereocenters. The number of carbonyl (C=O) groups excluding carboxylic acids is 2. The Hall–Kier alpha value is -3.75. The van der Waals surface area contributed by atoms with Crippen molar-refractivity contribution in [2.75, 3.05) is 6.61 Å². The molecule has 0 spiro atoms. The van der Waals surface area contributed by atoms with Crippen molar-refractivity contribution in [1.29, 1.82) is 0 Å². The van der Waals surface area contributed by atoms with Gasteiger partial charge in [-0.2, -0.15) is 4.98 Å². The Morgan fingerprint density at radius 1 is 1.10 bits per heavy atom. The lowest BCUT2D eigenvalue weighted by molar-refractivity contribution is 0.0462. The van der Waals surface area contributed by atoms with Crippen molar-refractivity contribution in [3.63, 3.8) is 0 Å². The fourth-order valence-corrected chi connectivity index (χ4v) is 3.41. The van der Waals surface area contributed by atoms with Gasteiger partial charge in [0, 0.05) is 28.3 Å². The average molecular weight is 407 g/mol. The van der Waals surface area contributed by atoms with Gasteiger partial charge in [-0.25, -0.2) is 14.3 Å². The highest BCUT2D eigenvalue weighted by molar-refractivity contribution is 6.00. The number of esters is 1. The summed E-state index contributed by atoms with van der Waals surface area (Å²) in [6, 6.07) is 7.31. The first-order valence-electron chi connectivity index (χ1n) is 9.44. The van der Waals surface area contributed by atoms with Gasteiger partial charge in [-0.1, -0.05) is 0 Å². The molecule has 30 heavy (non-hydrogen) atoms. The topological polar surface area (TPSA) is 105 Å². The van der Waals surface area contributed by atoms with Crippen molar-refractivity contribution in [1.82, 2.24) is 24.1 Å². The van der Waals surface area contributed by atoms with E-state index in [1.807, 2.05) is 50.5 Å². The zero-order chi connectivity index (χ0) is 21.4. The Bertz CT molecular complexity index is 1250. The van der Waals surface area contributed by atoms with E-state index in [2.05, 4.69) is 15.1 Å². The van der Waals surface area contributed by atoms with Crippen LogP contribution in [0.25, 0.3) is 5.78 Å². The SMILES string of the molecule is Cc1cc(C)n2nc(C(=O)OCC(=O)c3cc(C)n(Cc4ccco4)c3C)nc2n1. The molecule has 4 rings (SSSR count). The zero-order valence-electron chi connectivity index (χ0n) is 17.2. The highest BCUT2D eigenvalue weighted by atomic mass is 16.5. The van der Waals surface area contributed by atoms with E-state index in [0.717, 1.165) is 28.5 Å². The second-order valence-electron chi connectivity index (χ2n) is 7.14. The maximum absolute atomic E-state index is 12.7. The quantitative estimate of drug-likeness (QED) is 0.357. The molecule has 4 aromatic heterocycles. The minimum atomic E-state index is -0.768. The van der Waals surface area contributed by atoms with Crippen LogP contribution in [0.3, 0.4) is 0 Å². The van der Waals surface area contributed by atoms with Crippen LogP contribution in [0.4, 0.5) is 0 Å².